The van der Waals surface area contributed by atoms with Gasteiger partial charge < -0.3 is 19.9 Å². The molecule has 2 aromatic carbocycles. The van der Waals surface area contributed by atoms with Gasteiger partial charge in [-0.05, 0) is 42.3 Å². The summed E-state index contributed by atoms with van der Waals surface area (Å²) < 4.78 is 24.4. The Morgan fingerprint density at radius 3 is 2.50 bits per heavy atom. The smallest absolute Gasteiger partial charge is 0.335 e. The Bertz CT molecular complexity index is 761. The van der Waals surface area contributed by atoms with Crippen molar-refractivity contribution in [2.75, 3.05) is 20.3 Å². The van der Waals surface area contributed by atoms with E-state index in [1.807, 2.05) is 24.3 Å². The monoisotopic (exact) mass is 361 g/mol. The highest BCUT2D eigenvalue weighted by Gasteiger charge is 2.13. The number of aromatic carboxylic acids is 1. The van der Waals surface area contributed by atoms with Crippen LogP contribution in [-0.2, 0) is 11.3 Å². The summed E-state index contributed by atoms with van der Waals surface area (Å²) in [5.41, 5.74) is 0.621. The van der Waals surface area contributed by atoms with Gasteiger partial charge in [0, 0.05) is 13.2 Å². The number of halogens is 1. The SMILES string of the molecule is COc1ccc(COCCCNC(=O)c2ccc(C(=O)O)cc2F)cc1. The lowest BCUT2D eigenvalue weighted by Crippen LogP contribution is -2.26. The molecule has 0 bridgehead atoms. The van der Waals surface area contributed by atoms with Crippen LogP contribution in [-0.4, -0.2) is 37.2 Å². The number of rotatable bonds is 9. The molecule has 1 amide bonds. The molecule has 2 aromatic rings. The first-order valence-corrected chi connectivity index (χ1v) is 8.03. The van der Waals surface area contributed by atoms with Gasteiger partial charge in [-0.1, -0.05) is 12.1 Å². The van der Waals surface area contributed by atoms with E-state index >= 15 is 0 Å². The van der Waals surface area contributed by atoms with Gasteiger partial charge in [0.1, 0.15) is 11.6 Å². The van der Waals surface area contributed by atoms with Gasteiger partial charge in [0.15, 0.2) is 0 Å². The van der Waals surface area contributed by atoms with Crippen molar-refractivity contribution in [3.63, 3.8) is 0 Å². The molecular weight excluding hydrogens is 341 g/mol. The predicted octanol–water partition coefficient (Wildman–Crippen LogP) is 2.87. The van der Waals surface area contributed by atoms with Gasteiger partial charge in [-0.15, -0.1) is 0 Å². The van der Waals surface area contributed by atoms with E-state index in [1.165, 1.54) is 6.07 Å². The molecule has 0 aliphatic heterocycles. The molecule has 6 nitrogen and oxygen atoms in total. The standard InChI is InChI=1S/C19H20FNO5/c1-25-15-6-3-13(4-7-15)12-26-10-2-9-21-18(22)16-8-5-14(19(23)24)11-17(16)20/h3-8,11H,2,9-10,12H2,1H3,(H,21,22)(H,23,24). The zero-order chi connectivity index (χ0) is 18.9. The number of carbonyl (C=O) groups excluding carboxylic acids is 1. The number of nitrogens with one attached hydrogen (secondary N) is 1. The summed E-state index contributed by atoms with van der Waals surface area (Å²) in [5, 5.41) is 11.4. The zero-order valence-electron chi connectivity index (χ0n) is 14.3. The highest BCUT2D eigenvalue weighted by Crippen LogP contribution is 2.12. The molecule has 0 fully saturated rings. The van der Waals surface area contributed by atoms with Crippen LogP contribution in [0.4, 0.5) is 4.39 Å². The molecule has 0 unspecified atom stereocenters. The van der Waals surface area contributed by atoms with E-state index in [9.17, 15) is 14.0 Å². The third-order valence-corrected chi connectivity index (χ3v) is 3.64. The molecule has 7 heteroatoms. The van der Waals surface area contributed by atoms with E-state index in [1.54, 1.807) is 7.11 Å². The van der Waals surface area contributed by atoms with Crippen molar-refractivity contribution in [2.45, 2.75) is 13.0 Å². The van der Waals surface area contributed by atoms with Crippen molar-refractivity contribution < 1.29 is 28.6 Å². The largest absolute Gasteiger partial charge is 0.497 e. The molecule has 0 heterocycles. The van der Waals surface area contributed by atoms with Gasteiger partial charge in [0.25, 0.3) is 5.91 Å². The molecule has 138 valence electrons. The fourth-order valence-electron chi connectivity index (χ4n) is 2.22. The Kier molecular flexibility index (Phi) is 7.11. The maximum absolute atomic E-state index is 13.8. The third-order valence-electron chi connectivity index (χ3n) is 3.64. The quantitative estimate of drug-likeness (QED) is 0.671. The number of hydrogen-bond acceptors (Lipinski definition) is 4. The first kappa shape index (κ1) is 19.4. The normalized spacial score (nSPS) is 10.4. The second-order valence-electron chi connectivity index (χ2n) is 5.51. The van der Waals surface area contributed by atoms with Crippen molar-refractivity contribution in [2.24, 2.45) is 0 Å². The molecule has 2 rings (SSSR count). The van der Waals surface area contributed by atoms with Crippen molar-refractivity contribution in [1.29, 1.82) is 0 Å². The Morgan fingerprint density at radius 1 is 1.15 bits per heavy atom. The number of methoxy groups -OCH3 is 1. The lowest BCUT2D eigenvalue weighted by Gasteiger charge is -2.08. The average molecular weight is 361 g/mol. The van der Waals surface area contributed by atoms with Gasteiger partial charge >= 0.3 is 5.97 Å². The van der Waals surface area contributed by atoms with Gasteiger partial charge in [0.05, 0.1) is 24.8 Å². The van der Waals surface area contributed by atoms with E-state index in [0.717, 1.165) is 23.4 Å². The Hall–Kier alpha value is -2.93. The fourth-order valence-corrected chi connectivity index (χ4v) is 2.22. The fraction of sp³-hybridized carbons (Fsp3) is 0.263. The van der Waals surface area contributed by atoms with Crippen LogP contribution in [0.3, 0.4) is 0 Å². The van der Waals surface area contributed by atoms with Gasteiger partial charge in [-0.25, -0.2) is 9.18 Å². The lowest BCUT2D eigenvalue weighted by molar-refractivity contribution is 0.0695. The molecule has 26 heavy (non-hydrogen) atoms. The van der Waals surface area contributed by atoms with Crippen LogP contribution in [0.15, 0.2) is 42.5 Å². The van der Waals surface area contributed by atoms with Crippen molar-refractivity contribution in [3.05, 3.63) is 65.0 Å². The van der Waals surface area contributed by atoms with E-state index in [0.29, 0.717) is 26.2 Å². The lowest BCUT2D eigenvalue weighted by atomic mass is 10.1. The summed E-state index contributed by atoms with van der Waals surface area (Å²) in [5.74, 6) is -1.92. The van der Waals surface area contributed by atoms with Crippen LogP contribution in [0.2, 0.25) is 0 Å². The third kappa shape index (κ3) is 5.56. The van der Waals surface area contributed by atoms with Crippen LogP contribution in [0, 0.1) is 5.82 Å². The minimum absolute atomic E-state index is 0.186. The number of amides is 1. The molecule has 0 aliphatic carbocycles. The summed E-state index contributed by atoms with van der Waals surface area (Å²) in [6, 6.07) is 10.7. The van der Waals surface area contributed by atoms with Crippen LogP contribution >= 0.6 is 0 Å². The first-order chi connectivity index (χ1) is 12.5. The summed E-state index contributed by atoms with van der Waals surface area (Å²) in [7, 11) is 1.60. The Labute approximate surface area is 150 Å². The second kappa shape index (κ2) is 9.53. The molecule has 0 aromatic heterocycles. The van der Waals surface area contributed by atoms with Crippen molar-refractivity contribution in [1.82, 2.24) is 5.32 Å². The van der Waals surface area contributed by atoms with Gasteiger partial charge in [-0.2, -0.15) is 0 Å². The summed E-state index contributed by atoms with van der Waals surface area (Å²) in [6.45, 7) is 1.21. The topological polar surface area (TPSA) is 84.9 Å². The van der Waals surface area contributed by atoms with Crippen LogP contribution in [0.5, 0.6) is 5.75 Å². The number of hydrogen-bond donors (Lipinski definition) is 2. The molecule has 0 spiro atoms. The molecule has 0 radical (unpaired) electrons. The number of ether oxygens (including phenoxy) is 2. The highest BCUT2D eigenvalue weighted by atomic mass is 19.1. The zero-order valence-corrected chi connectivity index (χ0v) is 14.3. The minimum atomic E-state index is -1.25. The van der Waals surface area contributed by atoms with E-state index in [-0.39, 0.29) is 11.1 Å². The van der Waals surface area contributed by atoms with Crippen LogP contribution in [0.1, 0.15) is 32.7 Å². The highest BCUT2D eigenvalue weighted by molar-refractivity contribution is 5.96. The number of carbonyl (C=O) groups is 2. The summed E-state index contributed by atoms with van der Waals surface area (Å²) in [6.07, 6.45) is 0.566. The molecular formula is C19H20FNO5. The maximum Gasteiger partial charge on any atom is 0.335 e. The Morgan fingerprint density at radius 2 is 1.88 bits per heavy atom. The minimum Gasteiger partial charge on any atom is -0.497 e. The van der Waals surface area contributed by atoms with Gasteiger partial charge in [0.2, 0.25) is 0 Å². The maximum atomic E-state index is 13.8. The second-order valence-corrected chi connectivity index (χ2v) is 5.51. The van der Waals surface area contributed by atoms with E-state index in [2.05, 4.69) is 5.32 Å². The molecule has 0 saturated heterocycles. The molecule has 0 atom stereocenters. The average Bonchev–Trinajstić information content (AvgIpc) is 2.64. The van der Waals surface area contributed by atoms with E-state index < -0.39 is 17.7 Å². The van der Waals surface area contributed by atoms with Crippen LogP contribution in [0.25, 0.3) is 0 Å². The van der Waals surface area contributed by atoms with E-state index in [4.69, 9.17) is 14.6 Å². The number of benzene rings is 2. The summed E-state index contributed by atoms with van der Waals surface area (Å²) in [4.78, 5) is 22.7. The molecule has 0 saturated carbocycles. The first-order valence-electron chi connectivity index (χ1n) is 8.03. The van der Waals surface area contributed by atoms with Gasteiger partial charge in [-0.3, -0.25) is 4.79 Å². The van der Waals surface area contributed by atoms with Crippen molar-refractivity contribution >= 4 is 11.9 Å². The van der Waals surface area contributed by atoms with Crippen molar-refractivity contribution in [3.8, 4) is 5.75 Å². The molecule has 2 N–H and O–H groups in total. The van der Waals surface area contributed by atoms with Crippen LogP contribution < -0.4 is 10.1 Å². The number of carboxylic acid groups (broad SMARTS) is 1. The predicted molar refractivity (Wildman–Crippen MR) is 93.0 cm³/mol. The summed E-state index contributed by atoms with van der Waals surface area (Å²) >= 11 is 0. The molecule has 0 aliphatic rings. The number of carboxylic acids is 1. The Balaban J connectivity index is 1.69.